The first-order valence-electron chi connectivity index (χ1n) is 11.5. The molecule has 0 amide bonds. The Morgan fingerprint density at radius 3 is 2.47 bits per heavy atom. The van der Waals surface area contributed by atoms with Gasteiger partial charge in [0.15, 0.2) is 5.01 Å². The van der Waals surface area contributed by atoms with Crippen LogP contribution in [0.4, 0.5) is 4.39 Å². The lowest BCUT2D eigenvalue weighted by molar-refractivity contribution is 0.180. The largest absolute Gasteiger partial charge is 0.494 e. The highest BCUT2D eigenvalue weighted by Gasteiger charge is 2.29. The van der Waals surface area contributed by atoms with Gasteiger partial charge >= 0.3 is 0 Å². The number of piperazine rings is 1. The third-order valence-corrected chi connectivity index (χ3v) is 8.75. The third kappa shape index (κ3) is 4.89. The van der Waals surface area contributed by atoms with Crippen LogP contribution in [0, 0.1) is 5.82 Å². The van der Waals surface area contributed by atoms with Crippen LogP contribution in [-0.4, -0.2) is 65.0 Å². The molecule has 1 saturated heterocycles. The van der Waals surface area contributed by atoms with E-state index in [0.29, 0.717) is 66.3 Å². The van der Waals surface area contributed by atoms with Gasteiger partial charge in [0, 0.05) is 44.4 Å². The van der Waals surface area contributed by atoms with Gasteiger partial charge in [-0.3, -0.25) is 9.69 Å². The minimum Gasteiger partial charge on any atom is -0.494 e. The van der Waals surface area contributed by atoms with Crippen LogP contribution >= 0.6 is 11.3 Å². The molecule has 4 aromatic rings. The van der Waals surface area contributed by atoms with Crippen LogP contribution in [0.25, 0.3) is 15.5 Å². The van der Waals surface area contributed by atoms with E-state index in [4.69, 9.17) is 4.74 Å². The molecule has 1 fully saturated rings. The molecule has 0 unspecified atom stereocenters. The van der Waals surface area contributed by atoms with Crippen molar-refractivity contribution in [3.63, 3.8) is 0 Å². The fraction of sp³-hybridized carbons (Fsp3) is 0.292. The molecule has 2 aromatic heterocycles. The number of aromatic nitrogens is 3. The van der Waals surface area contributed by atoms with Crippen molar-refractivity contribution < 1.29 is 17.5 Å². The standard InChI is InChI=1S/C24H24FN5O4S2/c1-2-34-18-7-9-19(10-8-18)36(32,33)29-13-11-28(12-14-29)16-17-15-22(31)30-24(26-17)35-23(27-30)20-5-3-4-6-21(20)25/h3-10,15H,2,11-14,16H2,1H3. The lowest BCUT2D eigenvalue weighted by Crippen LogP contribution is -2.48. The van der Waals surface area contributed by atoms with E-state index < -0.39 is 15.8 Å². The number of halogens is 1. The Kier molecular flexibility index (Phi) is 6.84. The van der Waals surface area contributed by atoms with Crippen molar-refractivity contribution in [1.82, 2.24) is 23.8 Å². The molecule has 3 heterocycles. The van der Waals surface area contributed by atoms with Crippen LogP contribution in [0.3, 0.4) is 0 Å². The van der Waals surface area contributed by atoms with Crippen molar-refractivity contribution in [2.45, 2.75) is 18.4 Å². The van der Waals surface area contributed by atoms with Crippen molar-refractivity contribution in [3.05, 3.63) is 76.5 Å². The Hall–Kier alpha value is -3.19. The lowest BCUT2D eigenvalue weighted by atomic mass is 10.2. The van der Waals surface area contributed by atoms with Gasteiger partial charge in [0.1, 0.15) is 11.6 Å². The zero-order valence-corrected chi connectivity index (χ0v) is 21.1. The maximum atomic E-state index is 14.2. The predicted octanol–water partition coefficient (Wildman–Crippen LogP) is 2.86. The van der Waals surface area contributed by atoms with Crippen LogP contribution < -0.4 is 10.3 Å². The van der Waals surface area contributed by atoms with Gasteiger partial charge in [0.05, 0.1) is 17.2 Å². The Morgan fingerprint density at radius 2 is 1.78 bits per heavy atom. The molecule has 0 bridgehead atoms. The number of rotatable bonds is 7. The summed E-state index contributed by atoms with van der Waals surface area (Å²) in [6.45, 7) is 4.44. The van der Waals surface area contributed by atoms with E-state index in [1.54, 1.807) is 42.5 Å². The second-order valence-electron chi connectivity index (χ2n) is 8.25. The quantitative estimate of drug-likeness (QED) is 0.363. The highest BCUT2D eigenvalue weighted by atomic mass is 32.2. The maximum absolute atomic E-state index is 14.2. The van der Waals surface area contributed by atoms with Crippen LogP contribution in [0.1, 0.15) is 12.6 Å². The SMILES string of the molecule is CCOc1ccc(S(=O)(=O)N2CCN(Cc3cc(=O)n4nc(-c5ccccc5F)sc4n3)CC2)cc1. The summed E-state index contributed by atoms with van der Waals surface area (Å²) in [5, 5.41) is 4.62. The highest BCUT2D eigenvalue weighted by Crippen LogP contribution is 2.27. The first-order chi connectivity index (χ1) is 17.3. The normalized spacial score (nSPS) is 15.4. The molecule has 2 aromatic carbocycles. The zero-order chi connectivity index (χ0) is 25.3. The zero-order valence-electron chi connectivity index (χ0n) is 19.5. The summed E-state index contributed by atoms with van der Waals surface area (Å²) in [4.78, 5) is 19.9. The molecule has 0 spiro atoms. The van der Waals surface area contributed by atoms with E-state index in [-0.39, 0.29) is 10.5 Å². The number of nitrogens with zero attached hydrogens (tertiary/aromatic N) is 5. The van der Waals surface area contributed by atoms with E-state index in [9.17, 15) is 17.6 Å². The molecular weight excluding hydrogens is 505 g/mol. The van der Waals surface area contributed by atoms with Gasteiger partial charge in [-0.15, -0.1) is 0 Å². The average Bonchev–Trinajstić information content (AvgIpc) is 3.30. The molecule has 0 aliphatic carbocycles. The van der Waals surface area contributed by atoms with Crippen LogP contribution in [0.5, 0.6) is 5.75 Å². The molecule has 0 N–H and O–H groups in total. The molecule has 1 aliphatic heterocycles. The van der Waals surface area contributed by atoms with E-state index in [1.807, 2.05) is 6.92 Å². The molecule has 12 heteroatoms. The molecule has 0 radical (unpaired) electrons. The molecule has 0 saturated carbocycles. The topological polar surface area (TPSA) is 97.1 Å². The molecule has 188 valence electrons. The van der Waals surface area contributed by atoms with Gasteiger partial charge < -0.3 is 4.74 Å². The Morgan fingerprint density at radius 1 is 1.06 bits per heavy atom. The van der Waals surface area contributed by atoms with Gasteiger partial charge in [0.25, 0.3) is 5.56 Å². The van der Waals surface area contributed by atoms with E-state index in [0.717, 1.165) is 11.3 Å². The van der Waals surface area contributed by atoms with Gasteiger partial charge in [-0.1, -0.05) is 23.5 Å². The molecule has 0 atom stereocenters. The number of hydrogen-bond donors (Lipinski definition) is 0. The van der Waals surface area contributed by atoms with E-state index >= 15 is 0 Å². The first kappa shape index (κ1) is 24.5. The predicted molar refractivity (Wildman–Crippen MR) is 134 cm³/mol. The molecule has 36 heavy (non-hydrogen) atoms. The van der Waals surface area contributed by atoms with Crippen molar-refractivity contribution >= 4 is 26.3 Å². The van der Waals surface area contributed by atoms with Gasteiger partial charge in [-0.25, -0.2) is 17.8 Å². The summed E-state index contributed by atoms with van der Waals surface area (Å²) in [6, 6.07) is 14.1. The van der Waals surface area contributed by atoms with Gasteiger partial charge in [-0.2, -0.15) is 13.9 Å². The summed E-state index contributed by atoms with van der Waals surface area (Å²) in [5.41, 5.74) is 0.538. The van der Waals surface area contributed by atoms with Gasteiger partial charge in [0.2, 0.25) is 15.0 Å². The number of ether oxygens (including phenoxy) is 1. The van der Waals surface area contributed by atoms with Crippen molar-refractivity contribution in [1.29, 1.82) is 0 Å². The maximum Gasteiger partial charge on any atom is 0.275 e. The van der Waals surface area contributed by atoms with E-state index in [2.05, 4.69) is 15.0 Å². The Labute approximate surface area is 211 Å². The first-order valence-corrected chi connectivity index (χ1v) is 13.7. The highest BCUT2D eigenvalue weighted by molar-refractivity contribution is 7.89. The number of hydrogen-bond acceptors (Lipinski definition) is 8. The smallest absolute Gasteiger partial charge is 0.275 e. The number of fused-ring (bicyclic) bond motifs is 1. The van der Waals surface area contributed by atoms with E-state index in [1.165, 1.54) is 21.0 Å². The van der Waals surface area contributed by atoms with Crippen LogP contribution in [0.2, 0.25) is 0 Å². The monoisotopic (exact) mass is 529 g/mol. The summed E-state index contributed by atoms with van der Waals surface area (Å²) in [5.74, 6) is 0.214. The summed E-state index contributed by atoms with van der Waals surface area (Å²) in [6.07, 6.45) is 0. The summed E-state index contributed by atoms with van der Waals surface area (Å²) >= 11 is 1.15. The number of benzene rings is 2. The lowest BCUT2D eigenvalue weighted by Gasteiger charge is -2.33. The second-order valence-corrected chi connectivity index (χ2v) is 11.1. The fourth-order valence-corrected chi connectivity index (χ4v) is 6.43. The number of sulfonamides is 1. The molecule has 5 rings (SSSR count). The Bertz CT molecular complexity index is 1550. The van der Waals surface area contributed by atoms with Gasteiger partial charge in [-0.05, 0) is 43.3 Å². The Balaban J connectivity index is 1.27. The second kappa shape index (κ2) is 10.1. The summed E-state index contributed by atoms with van der Waals surface area (Å²) < 4.78 is 48.3. The minimum atomic E-state index is -3.61. The average molecular weight is 530 g/mol. The molecule has 1 aliphatic rings. The third-order valence-electron chi connectivity index (χ3n) is 5.89. The van der Waals surface area contributed by atoms with Crippen LogP contribution in [-0.2, 0) is 16.6 Å². The van der Waals surface area contributed by atoms with Crippen molar-refractivity contribution in [3.8, 4) is 16.3 Å². The van der Waals surface area contributed by atoms with Crippen LogP contribution in [0.15, 0.2) is 64.3 Å². The van der Waals surface area contributed by atoms with Crippen molar-refractivity contribution in [2.24, 2.45) is 0 Å². The fourth-order valence-electron chi connectivity index (χ4n) is 4.06. The minimum absolute atomic E-state index is 0.232. The summed E-state index contributed by atoms with van der Waals surface area (Å²) in [7, 11) is -3.61. The van der Waals surface area contributed by atoms with Crippen molar-refractivity contribution in [2.75, 3.05) is 32.8 Å². The molecule has 9 nitrogen and oxygen atoms in total. The molecular formula is C24H24FN5O4S2.